The third-order valence-corrected chi connectivity index (χ3v) is 4.65. The number of carbonyl (C=O) groups excluding carboxylic acids is 2. The molecule has 1 atom stereocenters. The molecule has 1 aliphatic rings. The maximum Gasteiger partial charge on any atom is 0.253 e. The number of hydrogen-bond donors (Lipinski definition) is 1. The van der Waals surface area contributed by atoms with E-state index in [1.54, 1.807) is 0 Å². The van der Waals surface area contributed by atoms with E-state index in [1.807, 2.05) is 65.6 Å². The van der Waals surface area contributed by atoms with Gasteiger partial charge in [-0.15, -0.1) is 0 Å². The molecular formula is C22H26N2O3. The van der Waals surface area contributed by atoms with Gasteiger partial charge in [0.05, 0.1) is 6.61 Å². The van der Waals surface area contributed by atoms with Crippen molar-refractivity contribution in [3.63, 3.8) is 0 Å². The molecular weight excluding hydrogens is 340 g/mol. The fourth-order valence-electron chi connectivity index (χ4n) is 3.28. The fourth-order valence-corrected chi connectivity index (χ4v) is 3.28. The zero-order valence-electron chi connectivity index (χ0n) is 15.5. The highest BCUT2D eigenvalue weighted by Crippen LogP contribution is 2.14. The molecule has 0 saturated carbocycles. The van der Waals surface area contributed by atoms with E-state index >= 15 is 0 Å². The number of amides is 2. The molecule has 2 aromatic rings. The zero-order valence-corrected chi connectivity index (χ0v) is 15.5. The van der Waals surface area contributed by atoms with Gasteiger partial charge in [-0.05, 0) is 43.5 Å². The topological polar surface area (TPSA) is 58.6 Å². The van der Waals surface area contributed by atoms with Crippen LogP contribution in [0.1, 0.15) is 36.0 Å². The molecule has 5 nitrogen and oxygen atoms in total. The summed E-state index contributed by atoms with van der Waals surface area (Å²) in [5, 5.41) is 3.07. The number of nitrogens with zero attached hydrogens (tertiary/aromatic N) is 1. The summed E-state index contributed by atoms with van der Waals surface area (Å²) in [6.45, 7) is 1.83. The highest BCUT2D eigenvalue weighted by atomic mass is 16.5. The third kappa shape index (κ3) is 5.84. The van der Waals surface area contributed by atoms with E-state index in [1.165, 1.54) is 0 Å². The third-order valence-electron chi connectivity index (χ3n) is 4.65. The lowest BCUT2D eigenvalue weighted by atomic mass is 10.0. The first-order chi connectivity index (χ1) is 13.2. The van der Waals surface area contributed by atoms with Crippen LogP contribution < -0.4 is 10.1 Å². The molecule has 0 aliphatic carbocycles. The van der Waals surface area contributed by atoms with Gasteiger partial charge in [0.1, 0.15) is 5.75 Å². The molecule has 0 aromatic heterocycles. The summed E-state index contributed by atoms with van der Waals surface area (Å²) in [5.41, 5.74) is 0.697. The minimum absolute atomic E-state index is 0.0191. The summed E-state index contributed by atoms with van der Waals surface area (Å²) in [6.07, 6.45) is 2.90. The molecule has 2 aromatic carbocycles. The van der Waals surface area contributed by atoms with E-state index in [0.717, 1.165) is 25.1 Å². The summed E-state index contributed by atoms with van der Waals surface area (Å²) < 4.78 is 5.61. The molecule has 1 fully saturated rings. The molecule has 2 amide bonds. The second kappa shape index (κ2) is 9.76. The Morgan fingerprint density at radius 1 is 1.04 bits per heavy atom. The highest BCUT2D eigenvalue weighted by Gasteiger charge is 2.25. The predicted octanol–water partition coefficient (Wildman–Crippen LogP) is 3.27. The number of piperidine rings is 1. The van der Waals surface area contributed by atoms with E-state index in [-0.39, 0.29) is 17.9 Å². The van der Waals surface area contributed by atoms with Crippen molar-refractivity contribution in [3.05, 3.63) is 66.2 Å². The first kappa shape index (κ1) is 19.0. The minimum atomic E-state index is 0.0191. The first-order valence-electron chi connectivity index (χ1n) is 9.54. The van der Waals surface area contributed by atoms with Gasteiger partial charge in [-0.1, -0.05) is 36.4 Å². The van der Waals surface area contributed by atoms with Crippen molar-refractivity contribution < 1.29 is 14.3 Å². The molecule has 0 spiro atoms. The van der Waals surface area contributed by atoms with Gasteiger partial charge in [0, 0.05) is 31.1 Å². The molecule has 142 valence electrons. The van der Waals surface area contributed by atoms with Crippen molar-refractivity contribution in [3.8, 4) is 5.75 Å². The molecule has 1 heterocycles. The smallest absolute Gasteiger partial charge is 0.253 e. The number of hydrogen-bond acceptors (Lipinski definition) is 3. The van der Waals surface area contributed by atoms with Crippen LogP contribution in [0.25, 0.3) is 0 Å². The van der Waals surface area contributed by atoms with Crippen molar-refractivity contribution in [1.82, 2.24) is 10.2 Å². The fraction of sp³-hybridized carbons (Fsp3) is 0.364. The Bertz CT molecular complexity index is 734. The van der Waals surface area contributed by atoms with Crippen LogP contribution in [-0.2, 0) is 4.79 Å². The number of carbonyl (C=O) groups is 2. The molecule has 3 rings (SSSR count). The quantitative estimate of drug-likeness (QED) is 0.765. The van der Waals surface area contributed by atoms with Crippen LogP contribution in [0.5, 0.6) is 5.75 Å². The van der Waals surface area contributed by atoms with E-state index in [0.29, 0.717) is 31.6 Å². The van der Waals surface area contributed by atoms with Gasteiger partial charge in [0.25, 0.3) is 5.91 Å². The second-order valence-electron chi connectivity index (χ2n) is 6.79. The number of nitrogens with one attached hydrogen (secondary N) is 1. The van der Waals surface area contributed by atoms with Gasteiger partial charge < -0.3 is 15.0 Å². The molecule has 5 heteroatoms. The Labute approximate surface area is 160 Å². The normalized spacial score (nSPS) is 16.6. The van der Waals surface area contributed by atoms with Crippen molar-refractivity contribution in [2.45, 2.75) is 31.7 Å². The number of ether oxygens (including phenoxy) is 1. The maximum absolute atomic E-state index is 12.6. The summed E-state index contributed by atoms with van der Waals surface area (Å²) in [6, 6.07) is 18.9. The molecule has 1 N–H and O–H groups in total. The Balaban J connectivity index is 1.39. The number of benzene rings is 2. The van der Waals surface area contributed by atoms with Crippen molar-refractivity contribution >= 4 is 11.8 Å². The molecule has 1 unspecified atom stereocenters. The van der Waals surface area contributed by atoms with Gasteiger partial charge in [0.15, 0.2) is 0 Å². The zero-order chi connectivity index (χ0) is 18.9. The van der Waals surface area contributed by atoms with Gasteiger partial charge in [-0.2, -0.15) is 0 Å². The van der Waals surface area contributed by atoms with Gasteiger partial charge in [-0.3, -0.25) is 9.59 Å². The number of rotatable bonds is 7. The van der Waals surface area contributed by atoms with E-state index in [2.05, 4.69) is 5.32 Å². The first-order valence-corrected chi connectivity index (χ1v) is 9.54. The van der Waals surface area contributed by atoms with Crippen LogP contribution in [0, 0.1) is 0 Å². The maximum atomic E-state index is 12.6. The van der Waals surface area contributed by atoms with E-state index < -0.39 is 0 Å². The predicted molar refractivity (Wildman–Crippen MR) is 105 cm³/mol. The molecule has 27 heavy (non-hydrogen) atoms. The van der Waals surface area contributed by atoms with Crippen LogP contribution in [0.4, 0.5) is 0 Å². The van der Waals surface area contributed by atoms with Crippen molar-refractivity contribution in [1.29, 1.82) is 0 Å². The lowest BCUT2D eigenvalue weighted by Gasteiger charge is -2.33. The summed E-state index contributed by atoms with van der Waals surface area (Å²) >= 11 is 0. The largest absolute Gasteiger partial charge is 0.494 e. The number of para-hydroxylation sites is 1. The number of likely N-dealkylation sites (tertiary alicyclic amines) is 1. The average molecular weight is 366 g/mol. The van der Waals surface area contributed by atoms with Crippen molar-refractivity contribution in [2.24, 2.45) is 0 Å². The van der Waals surface area contributed by atoms with Gasteiger partial charge >= 0.3 is 0 Å². The van der Waals surface area contributed by atoms with Crippen LogP contribution in [0.3, 0.4) is 0 Å². The summed E-state index contributed by atoms with van der Waals surface area (Å²) in [4.78, 5) is 26.6. The monoisotopic (exact) mass is 366 g/mol. The Morgan fingerprint density at radius 3 is 2.48 bits per heavy atom. The standard InChI is InChI=1S/C22H26N2O3/c25-21(14-8-16-27-20-12-5-2-6-13-20)23-19-11-7-15-24(17-19)22(26)18-9-3-1-4-10-18/h1-6,9-10,12-13,19H,7-8,11,14-17H2,(H,23,25). The molecule has 0 bridgehead atoms. The highest BCUT2D eigenvalue weighted by molar-refractivity contribution is 5.94. The lowest BCUT2D eigenvalue weighted by Crippen LogP contribution is -2.49. The van der Waals surface area contributed by atoms with E-state index in [9.17, 15) is 9.59 Å². The van der Waals surface area contributed by atoms with Crippen LogP contribution in [0.15, 0.2) is 60.7 Å². The van der Waals surface area contributed by atoms with Crippen LogP contribution >= 0.6 is 0 Å². The summed E-state index contributed by atoms with van der Waals surface area (Å²) in [5.74, 6) is 0.872. The van der Waals surface area contributed by atoms with Gasteiger partial charge in [0.2, 0.25) is 5.91 Å². The molecule has 0 radical (unpaired) electrons. The Kier molecular flexibility index (Phi) is 6.85. The second-order valence-corrected chi connectivity index (χ2v) is 6.79. The minimum Gasteiger partial charge on any atom is -0.494 e. The Morgan fingerprint density at radius 2 is 1.74 bits per heavy atom. The summed E-state index contributed by atoms with van der Waals surface area (Å²) in [7, 11) is 0. The van der Waals surface area contributed by atoms with Gasteiger partial charge in [-0.25, -0.2) is 0 Å². The van der Waals surface area contributed by atoms with Crippen LogP contribution in [-0.4, -0.2) is 42.5 Å². The van der Waals surface area contributed by atoms with E-state index in [4.69, 9.17) is 4.74 Å². The SMILES string of the molecule is O=C(CCCOc1ccccc1)NC1CCCN(C(=O)c2ccccc2)C1. The molecule has 1 saturated heterocycles. The van der Waals surface area contributed by atoms with Crippen LogP contribution in [0.2, 0.25) is 0 Å². The Hall–Kier alpha value is -2.82. The molecule has 1 aliphatic heterocycles. The van der Waals surface area contributed by atoms with Crippen molar-refractivity contribution in [2.75, 3.05) is 19.7 Å². The average Bonchev–Trinajstić information content (AvgIpc) is 2.72. The lowest BCUT2D eigenvalue weighted by molar-refractivity contribution is -0.122.